The van der Waals surface area contributed by atoms with Crippen molar-refractivity contribution < 1.29 is 0 Å². The first-order valence-electron chi connectivity index (χ1n) is 5.16. The van der Waals surface area contributed by atoms with Crippen LogP contribution in [0.3, 0.4) is 0 Å². The Hall–Kier alpha value is -0.900. The number of aromatic nitrogens is 1. The lowest BCUT2D eigenvalue weighted by molar-refractivity contribution is 0.861. The van der Waals surface area contributed by atoms with Gasteiger partial charge in [-0.2, -0.15) is 0 Å². The third-order valence-electron chi connectivity index (χ3n) is 2.56. The van der Waals surface area contributed by atoms with Crippen LogP contribution in [-0.4, -0.2) is 4.98 Å². The molecule has 16 heavy (non-hydrogen) atoms. The first kappa shape index (κ1) is 11.6. The standard InChI is InChI=1S/C12H13ClN2S/c1-2-8-7-15-6-5-9(8)12(14)10-3-4-11(13)16-10/h3-7,12H,2,14H2,1H3. The zero-order valence-electron chi connectivity index (χ0n) is 8.98. The van der Waals surface area contributed by atoms with E-state index in [-0.39, 0.29) is 6.04 Å². The lowest BCUT2D eigenvalue weighted by Gasteiger charge is -2.13. The summed E-state index contributed by atoms with van der Waals surface area (Å²) in [5.41, 5.74) is 8.56. The van der Waals surface area contributed by atoms with Crippen LogP contribution in [0.1, 0.15) is 29.0 Å². The van der Waals surface area contributed by atoms with Crippen LogP contribution in [0.4, 0.5) is 0 Å². The van der Waals surface area contributed by atoms with E-state index >= 15 is 0 Å². The van der Waals surface area contributed by atoms with Crippen LogP contribution < -0.4 is 5.73 Å². The van der Waals surface area contributed by atoms with E-state index in [4.69, 9.17) is 17.3 Å². The number of rotatable bonds is 3. The molecule has 84 valence electrons. The molecule has 0 aromatic carbocycles. The molecule has 2 N–H and O–H groups in total. The monoisotopic (exact) mass is 252 g/mol. The van der Waals surface area contributed by atoms with Gasteiger partial charge in [0, 0.05) is 17.3 Å². The highest BCUT2D eigenvalue weighted by Crippen LogP contribution is 2.30. The Bertz CT molecular complexity index is 481. The first-order valence-corrected chi connectivity index (χ1v) is 6.35. The van der Waals surface area contributed by atoms with Gasteiger partial charge in [0.1, 0.15) is 0 Å². The van der Waals surface area contributed by atoms with Crippen molar-refractivity contribution >= 4 is 22.9 Å². The van der Waals surface area contributed by atoms with E-state index in [0.29, 0.717) is 0 Å². The number of hydrogen-bond acceptors (Lipinski definition) is 3. The van der Waals surface area contributed by atoms with Crippen molar-refractivity contribution in [1.82, 2.24) is 4.98 Å². The molecule has 0 bridgehead atoms. The van der Waals surface area contributed by atoms with E-state index in [9.17, 15) is 0 Å². The fourth-order valence-electron chi connectivity index (χ4n) is 1.69. The molecular formula is C12H13ClN2S. The summed E-state index contributed by atoms with van der Waals surface area (Å²) in [6.45, 7) is 2.11. The molecule has 0 radical (unpaired) electrons. The molecule has 0 fully saturated rings. The largest absolute Gasteiger partial charge is 0.320 e. The van der Waals surface area contributed by atoms with Crippen molar-refractivity contribution in [2.24, 2.45) is 5.73 Å². The molecule has 0 aliphatic carbocycles. The van der Waals surface area contributed by atoms with Crippen LogP contribution in [-0.2, 0) is 6.42 Å². The maximum atomic E-state index is 6.23. The second-order valence-electron chi connectivity index (χ2n) is 3.55. The van der Waals surface area contributed by atoms with Gasteiger partial charge in [-0.05, 0) is 35.7 Å². The number of halogens is 1. The average molecular weight is 253 g/mol. The highest BCUT2D eigenvalue weighted by atomic mass is 35.5. The lowest BCUT2D eigenvalue weighted by atomic mass is 10.0. The zero-order chi connectivity index (χ0) is 11.5. The molecule has 4 heteroatoms. The predicted octanol–water partition coefficient (Wildman–Crippen LogP) is 3.41. The predicted molar refractivity (Wildman–Crippen MR) is 69.0 cm³/mol. The minimum Gasteiger partial charge on any atom is -0.320 e. The van der Waals surface area contributed by atoms with Gasteiger partial charge < -0.3 is 5.73 Å². The maximum absolute atomic E-state index is 6.23. The van der Waals surface area contributed by atoms with Gasteiger partial charge in [-0.1, -0.05) is 18.5 Å². The van der Waals surface area contributed by atoms with Crippen LogP contribution in [0.15, 0.2) is 30.6 Å². The van der Waals surface area contributed by atoms with E-state index in [1.54, 1.807) is 6.20 Å². The number of thiophene rings is 1. The highest BCUT2D eigenvalue weighted by Gasteiger charge is 2.14. The van der Waals surface area contributed by atoms with Crippen LogP contribution in [0.2, 0.25) is 4.34 Å². The summed E-state index contributed by atoms with van der Waals surface area (Å²) in [6.07, 6.45) is 4.60. The van der Waals surface area contributed by atoms with Crippen molar-refractivity contribution in [3.05, 3.63) is 50.9 Å². The van der Waals surface area contributed by atoms with E-state index in [1.165, 1.54) is 16.9 Å². The van der Waals surface area contributed by atoms with Crippen LogP contribution >= 0.6 is 22.9 Å². The molecule has 0 saturated heterocycles. The van der Waals surface area contributed by atoms with Gasteiger partial charge in [0.15, 0.2) is 0 Å². The van der Waals surface area contributed by atoms with Crippen molar-refractivity contribution in [3.8, 4) is 0 Å². The Balaban J connectivity index is 2.36. The van der Waals surface area contributed by atoms with Gasteiger partial charge in [-0.25, -0.2) is 0 Å². The quantitative estimate of drug-likeness (QED) is 0.909. The lowest BCUT2D eigenvalue weighted by Crippen LogP contribution is -2.12. The van der Waals surface area contributed by atoms with E-state index in [0.717, 1.165) is 21.2 Å². The third kappa shape index (κ3) is 2.26. The van der Waals surface area contributed by atoms with Crippen molar-refractivity contribution in [3.63, 3.8) is 0 Å². The van der Waals surface area contributed by atoms with Gasteiger partial charge in [-0.15, -0.1) is 11.3 Å². The zero-order valence-corrected chi connectivity index (χ0v) is 10.6. The number of nitrogens with two attached hydrogens (primary N) is 1. The van der Waals surface area contributed by atoms with E-state index in [1.807, 2.05) is 24.4 Å². The molecule has 0 spiro atoms. The molecular weight excluding hydrogens is 240 g/mol. The van der Waals surface area contributed by atoms with Crippen LogP contribution in [0.5, 0.6) is 0 Å². The molecule has 2 nitrogen and oxygen atoms in total. The summed E-state index contributed by atoms with van der Waals surface area (Å²) >= 11 is 7.45. The normalized spacial score (nSPS) is 12.7. The van der Waals surface area contributed by atoms with E-state index < -0.39 is 0 Å². The number of aryl methyl sites for hydroxylation is 1. The molecule has 0 saturated carbocycles. The summed E-state index contributed by atoms with van der Waals surface area (Å²) in [7, 11) is 0. The van der Waals surface area contributed by atoms with Gasteiger partial charge >= 0.3 is 0 Å². The Kier molecular flexibility index (Phi) is 3.59. The third-order valence-corrected chi connectivity index (χ3v) is 3.87. The second-order valence-corrected chi connectivity index (χ2v) is 5.29. The molecule has 0 amide bonds. The highest BCUT2D eigenvalue weighted by molar-refractivity contribution is 7.16. The molecule has 1 atom stereocenters. The first-order chi connectivity index (χ1) is 7.72. The Morgan fingerprint density at radius 2 is 2.25 bits per heavy atom. The SMILES string of the molecule is CCc1cnccc1C(N)c1ccc(Cl)s1. The summed E-state index contributed by atoms with van der Waals surface area (Å²) in [5.74, 6) is 0. The van der Waals surface area contributed by atoms with Crippen molar-refractivity contribution in [2.45, 2.75) is 19.4 Å². The second kappa shape index (κ2) is 4.95. The maximum Gasteiger partial charge on any atom is 0.0931 e. The van der Waals surface area contributed by atoms with Gasteiger partial charge in [-0.3, -0.25) is 4.98 Å². The van der Waals surface area contributed by atoms with Gasteiger partial charge in [0.05, 0.1) is 10.4 Å². The summed E-state index contributed by atoms with van der Waals surface area (Å²) in [6, 6.07) is 5.75. The van der Waals surface area contributed by atoms with Gasteiger partial charge in [0.25, 0.3) is 0 Å². The smallest absolute Gasteiger partial charge is 0.0931 e. The Morgan fingerprint density at radius 1 is 1.44 bits per heavy atom. The molecule has 0 aliphatic heterocycles. The van der Waals surface area contributed by atoms with Crippen molar-refractivity contribution in [2.75, 3.05) is 0 Å². The minimum atomic E-state index is -0.101. The molecule has 1 unspecified atom stereocenters. The fraction of sp³-hybridized carbons (Fsp3) is 0.250. The summed E-state index contributed by atoms with van der Waals surface area (Å²) < 4.78 is 0.776. The van der Waals surface area contributed by atoms with E-state index in [2.05, 4.69) is 11.9 Å². The molecule has 2 rings (SSSR count). The summed E-state index contributed by atoms with van der Waals surface area (Å²) in [5, 5.41) is 0. The topological polar surface area (TPSA) is 38.9 Å². The molecule has 2 aromatic rings. The Morgan fingerprint density at radius 3 is 2.88 bits per heavy atom. The number of pyridine rings is 1. The van der Waals surface area contributed by atoms with Gasteiger partial charge in [0.2, 0.25) is 0 Å². The van der Waals surface area contributed by atoms with Crippen LogP contribution in [0, 0.1) is 0 Å². The van der Waals surface area contributed by atoms with Crippen LogP contribution in [0.25, 0.3) is 0 Å². The Labute approximate surface area is 104 Å². The van der Waals surface area contributed by atoms with Crippen molar-refractivity contribution in [1.29, 1.82) is 0 Å². The molecule has 2 aromatic heterocycles. The number of hydrogen-bond donors (Lipinski definition) is 1. The fourth-order valence-corrected chi connectivity index (χ4v) is 2.77. The average Bonchev–Trinajstić information content (AvgIpc) is 2.75. The minimum absolute atomic E-state index is 0.101. The molecule has 2 heterocycles. The number of nitrogens with zero attached hydrogens (tertiary/aromatic N) is 1. The summed E-state index contributed by atoms with van der Waals surface area (Å²) in [4.78, 5) is 5.21. The molecule has 0 aliphatic rings.